The predicted octanol–water partition coefficient (Wildman–Crippen LogP) is 3.55. The van der Waals surface area contributed by atoms with Gasteiger partial charge in [-0.3, -0.25) is 9.80 Å². The first-order valence-corrected chi connectivity index (χ1v) is 9.68. The Kier molecular flexibility index (Phi) is 5.19. The van der Waals surface area contributed by atoms with Crippen molar-refractivity contribution < 1.29 is 8.78 Å². The van der Waals surface area contributed by atoms with E-state index in [1.165, 1.54) is 25.0 Å². The molecule has 1 aromatic carbocycles. The van der Waals surface area contributed by atoms with E-state index in [1.807, 2.05) is 19.3 Å². The number of piperidine rings is 1. The molecule has 4 nitrogen and oxygen atoms in total. The first-order chi connectivity index (χ1) is 13.0. The summed E-state index contributed by atoms with van der Waals surface area (Å²) in [5.41, 5.74) is 2.31. The van der Waals surface area contributed by atoms with Gasteiger partial charge in [0, 0.05) is 44.1 Å². The highest BCUT2D eigenvalue weighted by atomic mass is 19.2. The summed E-state index contributed by atoms with van der Waals surface area (Å²) < 4.78 is 26.7. The van der Waals surface area contributed by atoms with E-state index < -0.39 is 11.6 Å². The Hall–Kier alpha value is -1.92. The highest BCUT2D eigenvalue weighted by Crippen LogP contribution is 2.39. The number of halogens is 2. The third-order valence-corrected chi connectivity index (χ3v) is 5.89. The summed E-state index contributed by atoms with van der Waals surface area (Å²) in [7, 11) is 0. The molecule has 2 aliphatic heterocycles. The van der Waals surface area contributed by atoms with Gasteiger partial charge in [0.05, 0.1) is 0 Å². The van der Waals surface area contributed by atoms with E-state index >= 15 is 0 Å². The van der Waals surface area contributed by atoms with E-state index in [0.29, 0.717) is 12.0 Å². The molecular formula is C21H26F2N4. The van der Waals surface area contributed by atoms with Gasteiger partial charge in [0.1, 0.15) is 5.82 Å². The summed E-state index contributed by atoms with van der Waals surface area (Å²) in [5, 5.41) is 0. The number of benzene rings is 1. The second-order valence-electron chi connectivity index (χ2n) is 8.16. The van der Waals surface area contributed by atoms with Gasteiger partial charge in [-0.05, 0) is 62.4 Å². The number of hydrogen-bond donors (Lipinski definition) is 0. The molecule has 2 fully saturated rings. The zero-order valence-corrected chi connectivity index (χ0v) is 15.8. The molecule has 3 heterocycles. The summed E-state index contributed by atoms with van der Waals surface area (Å²) in [4.78, 5) is 13.5. The largest absolute Gasteiger partial charge is 0.298 e. The lowest BCUT2D eigenvalue weighted by atomic mass is 9.79. The number of nitrogens with zero attached hydrogens (tertiary/aromatic N) is 4. The molecule has 1 atom stereocenters. The van der Waals surface area contributed by atoms with Crippen LogP contribution in [0.2, 0.25) is 0 Å². The van der Waals surface area contributed by atoms with Crippen molar-refractivity contribution >= 4 is 0 Å². The van der Waals surface area contributed by atoms with E-state index in [-0.39, 0.29) is 0 Å². The average Bonchev–Trinajstić information content (AvgIpc) is 3.02. The molecule has 4 rings (SSSR count). The van der Waals surface area contributed by atoms with E-state index in [9.17, 15) is 8.78 Å². The van der Waals surface area contributed by atoms with Crippen molar-refractivity contribution in [1.82, 2.24) is 19.8 Å². The number of rotatable bonds is 4. The number of aryl methyl sites for hydroxylation is 1. The van der Waals surface area contributed by atoms with Crippen LogP contribution < -0.4 is 0 Å². The first kappa shape index (κ1) is 18.4. The second-order valence-corrected chi connectivity index (χ2v) is 8.16. The molecule has 6 heteroatoms. The lowest BCUT2D eigenvalue weighted by Crippen LogP contribution is -2.44. The average molecular weight is 372 g/mol. The van der Waals surface area contributed by atoms with Crippen LogP contribution in [0.25, 0.3) is 0 Å². The molecule has 1 aromatic heterocycles. The van der Waals surface area contributed by atoms with Crippen LogP contribution in [0, 0.1) is 24.0 Å². The van der Waals surface area contributed by atoms with Crippen LogP contribution in [0.3, 0.4) is 0 Å². The smallest absolute Gasteiger partial charge is 0.159 e. The fraction of sp³-hybridized carbons (Fsp3) is 0.524. The first-order valence-electron chi connectivity index (χ1n) is 9.68. The Balaban J connectivity index is 1.37. The molecule has 27 heavy (non-hydrogen) atoms. The molecule has 0 amide bonds. The van der Waals surface area contributed by atoms with Crippen molar-refractivity contribution in [1.29, 1.82) is 0 Å². The molecule has 144 valence electrons. The van der Waals surface area contributed by atoms with Crippen LogP contribution in [-0.2, 0) is 13.1 Å². The minimum Gasteiger partial charge on any atom is -0.298 e. The number of aromatic nitrogens is 2. The van der Waals surface area contributed by atoms with Crippen LogP contribution in [0.5, 0.6) is 0 Å². The van der Waals surface area contributed by atoms with Crippen molar-refractivity contribution in [2.75, 3.05) is 26.2 Å². The van der Waals surface area contributed by atoms with Gasteiger partial charge in [-0.2, -0.15) is 0 Å². The van der Waals surface area contributed by atoms with Crippen molar-refractivity contribution in [2.45, 2.75) is 39.3 Å². The maximum absolute atomic E-state index is 13.5. The van der Waals surface area contributed by atoms with Gasteiger partial charge in [-0.25, -0.2) is 18.7 Å². The van der Waals surface area contributed by atoms with Gasteiger partial charge in [-0.15, -0.1) is 0 Å². The van der Waals surface area contributed by atoms with Gasteiger partial charge in [-0.1, -0.05) is 6.07 Å². The molecule has 0 saturated carbocycles. The molecule has 1 spiro atoms. The fourth-order valence-corrected chi connectivity index (χ4v) is 4.60. The summed E-state index contributed by atoms with van der Waals surface area (Å²) in [6, 6.07) is 4.25. The van der Waals surface area contributed by atoms with E-state index in [4.69, 9.17) is 0 Å². The van der Waals surface area contributed by atoms with Gasteiger partial charge >= 0.3 is 0 Å². The van der Waals surface area contributed by atoms with Crippen molar-refractivity contribution in [2.24, 2.45) is 5.41 Å². The molecule has 2 aliphatic rings. The van der Waals surface area contributed by atoms with Crippen LogP contribution in [0.4, 0.5) is 8.78 Å². The van der Waals surface area contributed by atoms with Gasteiger partial charge < -0.3 is 0 Å². The lowest BCUT2D eigenvalue weighted by Gasteiger charge is -2.40. The Bertz CT molecular complexity index is 795. The Labute approximate surface area is 159 Å². The Morgan fingerprint density at radius 3 is 2.37 bits per heavy atom. The minimum absolute atomic E-state index is 0.308. The van der Waals surface area contributed by atoms with Crippen molar-refractivity contribution in [3.63, 3.8) is 0 Å². The third kappa shape index (κ3) is 4.33. The quantitative estimate of drug-likeness (QED) is 0.822. The molecule has 2 aromatic rings. The molecule has 0 unspecified atom stereocenters. The fourth-order valence-electron chi connectivity index (χ4n) is 4.60. The molecule has 0 N–H and O–H groups in total. The summed E-state index contributed by atoms with van der Waals surface area (Å²) >= 11 is 0. The normalized spacial score (nSPS) is 24.0. The molecule has 0 radical (unpaired) electrons. The molecule has 0 bridgehead atoms. The standard InChI is InChI=1S/C21H26F2N4/c1-16-24-10-18(11-25-16)13-27-8-6-21(15-27)5-2-7-26(14-21)12-17-3-4-19(22)20(23)9-17/h3-4,9-11H,2,5-8,12-15H2,1H3/t21-/m1/s1. The predicted molar refractivity (Wildman–Crippen MR) is 100.0 cm³/mol. The van der Waals surface area contributed by atoms with Crippen LogP contribution in [0.15, 0.2) is 30.6 Å². The monoisotopic (exact) mass is 372 g/mol. The highest BCUT2D eigenvalue weighted by molar-refractivity contribution is 5.18. The van der Waals surface area contributed by atoms with Crippen molar-refractivity contribution in [3.8, 4) is 0 Å². The molecular weight excluding hydrogens is 346 g/mol. The minimum atomic E-state index is -0.777. The van der Waals surface area contributed by atoms with E-state index in [0.717, 1.165) is 56.1 Å². The maximum atomic E-state index is 13.5. The summed E-state index contributed by atoms with van der Waals surface area (Å²) in [6.07, 6.45) is 7.43. The lowest BCUT2D eigenvalue weighted by molar-refractivity contribution is 0.0865. The highest BCUT2D eigenvalue weighted by Gasteiger charge is 2.41. The molecule has 2 saturated heterocycles. The topological polar surface area (TPSA) is 32.3 Å². The van der Waals surface area contributed by atoms with Crippen molar-refractivity contribution in [3.05, 3.63) is 59.2 Å². The SMILES string of the molecule is Cc1ncc(CN2CC[C@@]3(CCCN(Cc4ccc(F)c(F)c4)C3)C2)cn1. The van der Waals surface area contributed by atoms with Gasteiger partial charge in [0.15, 0.2) is 11.6 Å². The Morgan fingerprint density at radius 2 is 1.63 bits per heavy atom. The summed E-state index contributed by atoms with van der Waals surface area (Å²) in [5.74, 6) is -0.733. The zero-order chi connectivity index (χ0) is 18.9. The van der Waals surface area contributed by atoms with Gasteiger partial charge in [0.2, 0.25) is 0 Å². The van der Waals surface area contributed by atoms with Crippen LogP contribution >= 0.6 is 0 Å². The zero-order valence-electron chi connectivity index (χ0n) is 15.8. The summed E-state index contributed by atoms with van der Waals surface area (Å²) in [6.45, 7) is 7.69. The van der Waals surface area contributed by atoms with Gasteiger partial charge in [0.25, 0.3) is 0 Å². The number of likely N-dealkylation sites (tertiary alicyclic amines) is 2. The third-order valence-electron chi connectivity index (χ3n) is 5.89. The number of hydrogen-bond acceptors (Lipinski definition) is 4. The van der Waals surface area contributed by atoms with Crippen LogP contribution in [-0.4, -0.2) is 45.9 Å². The van der Waals surface area contributed by atoms with E-state index in [1.54, 1.807) is 6.07 Å². The molecule has 0 aliphatic carbocycles. The Morgan fingerprint density at radius 1 is 0.926 bits per heavy atom. The second kappa shape index (κ2) is 7.60. The van der Waals surface area contributed by atoms with E-state index in [2.05, 4.69) is 19.8 Å². The van der Waals surface area contributed by atoms with Crippen LogP contribution in [0.1, 0.15) is 36.2 Å². The maximum Gasteiger partial charge on any atom is 0.159 e.